The van der Waals surface area contributed by atoms with Gasteiger partial charge in [0.25, 0.3) is 0 Å². The van der Waals surface area contributed by atoms with Crippen molar-refractivity contribution in [1.82, 2.24) is 14.9 Å². The van der Waals surface area contributed by atoms with Gasteiger partial charge in [-0.15, -0.1) is 0 Å². The van der Waals surface area contributed by atoms with Gasteiger partial charge in [-0.05, 0) is 11.6 Å². The number of benzene rings is 1. The summed E-state index contributed by atoms with van der Waals surface area (Å²) in [7, 11) is -1.73. The molecule has 0 aliphatic carbocycles. The predicted octanol–water partition coefficient (Wildman–Crippen LogP) is 0.623. The van der Waals surface area contributed by atoms with E-state index in [2.05, 4.69) is 10.3 Å². The average molecular weight is 307 g/mol. The van der Waals surface area contributed by atoms with Crippen LogP contribution in [0, 0.1) is 0 Å². The molecule has 1 aromatic carbocycles. The Hall–Kier alpha value is -2.15. The van der Waals surface area contributed by atoms with Crippen molar-refractivity contribution < 1.29 is 13.2 Å². The van der Waals surface area contributed by atoms with Crippen molar-refractivity contribution >= 4 is 15.7 Å². The number of likely N-dealkylation sites (N-methyl/N-ethyl adjacent to an activating group) is 1. The molecule has 21 heavy (non-hydrogen) atoms. The highest BCUT2D eigenvalue weighted by atomic mass is 32.2. The van der Waals surface area contributed by atoms with Crippen LogP contribution in [0.1, 0.15) is 11.4 Å². The minimum atomic E-state index is -3.29. The van der Waals surface area contributed by atoms with Crippen LogP contribution in [0.2, 0.25) is 0 Å². The molecule has 0 fully saturated rings. The molecule has 0 saturated heterocycles. The lowest BCUT2D eigenvalue weighted by atomic mass is 10.1. The minimum Gasteiger partial charge on any atom is -0.358 e. The molecular weight excluding hydrogens is 290 g/mol. The number of nitrogens with zero attached hydrogens (tertiary/aromatic N) is 2. The lowest BCUT2D eigenvalue weighted by Crippen LogP contribution is -2.24. The van der Waals surface area contributed by atoms with Gasteiger partial charge in [-0.2, -0.15) is 0 Å². The van der Waals surface area contributed by atoms with Gasteiger partial charge in [-0.25, -0.2) is 13.4 Å². The summed E-state index contributed by atoms with van der Waals surface area (Å²) in [6.07, 6.45) is 4.84. The number of carbonyl (C=O) groups excluding carboxylic acids is 1. The molecule has 0 unspecified atom stereocenters. The molecule has 0 aliphatic rings. The number of aromatic nitrogens is 2. The Kier molecular flexibility index (Phi) is 4.42. The van der Waals surface area contributed by atoms with Gasteiger partial charge in [0.05, 0.1) is 4.90 Å². The van der Waals surface area contributed by atoms with E-state index in [1.165, 1.54) is 6.26 Å². The first-order valence-electron chi connectivity index (χ1n) is 6.40. The van der Waals surface area contributed by atoms with Crippen molar-refractivity contribution in [2.45, 2.75) is 17.9 Å². The molecule has 1 N–H and O–H groups in total. The standard InChI is InChI=1S/C14H17N3O3S/c1-15-14(18)10-17-8-7-16-13(17)9-11-5-3-4-6-12(11)21(2,19)20/h3-8H,9-10H2,1-2H3,(H,15,18). The van der Waals surface area contributed by atoms with Crippen LogP contribution in [0.15, 0.2) is 41.6 Å². The fraction of sp³-hybridized carbons (Fsp3) is 0.286. The van der Waals surface area contributed by atoms with Crippen LogP contribution >= 0.6 is 0 Å². The fourth-order valence-electron chi connectivity index (χ4n) is 2.07. The Labute approximate surface area is 123 Å². The normalized spacial score (nSPS) is 11.3. The van der Waals surface area contributed by atoms with Gasteiger partial charge in [0.2, 0.25) is 5.91 Å². The van der Waals surface area contributed by atoms with E-state index in [0.717, 1.165) is 0 Å². The monoisotopic (exact) mass is 307 g/mol. The Morgan fingerprint density at radius 1 is 1.33 bits per heavy atom. The molecule has 6 nitrogen and oxygen atoms in total. The quantitative estimate of drug-likeness (QED) is 0.878. The number of carbonyl (C=O) groups is 1. The van der Waals surface area contributed by atoms with E-state index >= 15 is 0 Å². The molecule has 0 bridgehead atoms. The fourth-order valence-corrected chi connectivity index (χ4v) is 3.01. The number of imidazole rings is 1. The minimum absolute atomic E-state index is 0.134. The van der Waals surface area contributed by atoms with Crippen LogP contribution in [0.4, 0.5) is 0 Å². The lowest BCUT2D eigenvalue weighted by molar-refractivity contribution is -0.121. The maximum atomic E-state index is 11.8. The number of hydrogen-bond acceptors (Lipinski definition) is 4. The van der Waals surface area contributed by atoms with Crippen LogP contribution in [0.5, 0.6) is 0 Å². The van der Waals surface area contributed by atoms with Gasteiger partial charge < -0.3 is 9.88 Å². The number of amides is 1. The summed E-state index contributed by atoms with van der Waals surface area (Å²) in [5.74, 6) is 0.514. The summed E-state index contributed by atoms with van der Waals surface area (Å²) in [4.78, 5) is 16.0. The Bertz CT molecular complexity index is 750. The number of nitrogens with one attached hydrogen (secondary N) is 1. The molecule has 1 amide bonds. The van der Waals surface area contributed by atoms with E-state index in [1.54, 1.807) is 48.3 Å². The van der Waals surface area contributed by atoms with Crippen LogP contribution < -0.4 is 5.32 Å². The Balaban J connectivity index is 2.32. The molecule has 0 spiro atoms. The lowest BCUT2D eigenvalue weighted by Gasteiger charge is -2.10. The molecule has 7 heteroatoms. The number of sulfone groups is 1. The van der Waals surface area contributed by atoms with Crippen LogP contribution in [0.3, 0.4) is 0 Å². The van der Waals surface area contributed by atoms with Crippen molar-refractivity contribution in [2.24, 2.45) is 0 Å². The zero-order valence-corrected chi connectivity index (χ0v) is 12.7. The van der Waals surface area contributed by atoms with E-state index in [4.69, 9.17) is 0 Å². The third kappa shape index (κ3) is 3.69. The van der Waals surface area contributed by atoms with Crippen molar-refractivity contribution in [3.63, 3.8) is 0 Å². The Morgan fingerprint density at radius 3 is 2.71 bits per heavy atom. The van der Waals surface area contributed by atoms with Gasteiger partial charge in [-0.1, -0.05) is 18.2 Å². The third-order valence-corrected chi connectivity index (χ3v) is 4.31. The van der Waals surface area contributed by atoms with Gasteiger partial charge >= 0.3 is 0 Å². The summed E-state index contributed by atoms with van der Waals surface area (Å²) < 4.78 is 25.3. The van der Waals surface area contributed by atoms with Crippen molar-refractivity contribution in [3.8, 4) is 0 Å². The van der Waals surface area contributed by atoms with Crippen LogP contribution in [0.25, 0.3) is 0 Å². The van der Waals surface area contributed by atoms with Crippen molar-refractivity contribution in [1.29, 1.82) is 0 Å². The maximum Gasteiger partial charge on any atom is 0.239 e. The first-order valence-corrected chi connectivity index (χ1v) is 8.29. The molecule has 0 saturated carbocycles. The second kappa shape index (κ2) is 6.09. The highest BCUT2D eigenvalue weighted by molar-refractivity contribution is 7.90. The summed E-state index contributed by atoms with van der Waals surface area (Å²) >= 11 is 0. The topological polar surface area (TPSA) is 81.1 Å². The van der Waals surface area contributed by atoms with Crippen LogP contribution in [-0.2, 0) is 27.6 Å². The molecule has 2 aromatic rings. The van der Waals surface area contributed by atoms with E-state index in [9.17, 15) is 13.2 Å². The second-order valence-corrected chi connectivity index (χ2v) is 6.69. The zero-order chi connectivity index (χ0) is 15.5. The molecule has 2 rings (SSSR count). The smallest absolute Gasteiger partial charge is 0.239 e. The summed E-state index contributed by atoms with van der Waals surface area (Å²) in [6, 6.07) is 6.82. The first-order chi connectivity index (χ1) is 9.91. The highest BCUT2D eigenvalue weighted by Crippen LogP contribution is 2.18. The van der Waals surface area contributed by atoms with Gasteiger partial charge in [0.1, 0.15) is 12.4 Å². The molecule has 0 aliphatic heterocycles. The van der Waals surface area contributed by atoms with Gasteiger partial charge in [0, 0.05) is 32.1 Å². The highest BCUT2D eigenvalue weighted by Gasteiger charge is 2.15. The summed E-state index contributed by atoms with van der Waals surface area (Å²) in [5, 5.41) is 2.55. The van der Waals surface area contributed by atoms with E-state index in [0.29, 0.717) is 22.7 Å². The van der Waals surface area contributed by atoms with Gasteiger partial charge in [0.15, 0.2) is 9.84 Å². The van der Waals surface area contributed by atoms with E-state index in [-0.39, 0.29) is 12.5 Å². The molecule has 1 aromatic heterocycles. The average Bonchev–Trinajstić information content (AvgIpc) is 2.85. The SMILES string of the molecule is CNC(=O)Cn1ccnc1Cc1ccccc1S(C)(=O)=O. The summed E-state index contributed by atoms with van der Waals surface area (Å²) in [5.41, 5.74) is 0.671. The molecule has 0 atom stereocenters. The molecule has 0 radical (unpaired) electrons. The molecular formula is C14H17N3O3S. The largest absolute Gasteiger partial charge is 0.358 e. The summed E-state index contributed by atoms with van der Waals surface area (Å²) in [6.45, 7) is 0.160. The molecule has 1 heterocycles. The number of hydrogen-bond donors (Lipinski definition) is 1. The van der Waals surface area contributed by atoms with Gasteiger partial charge in [-0.3, -0.25) is 4.79 Å². The van der Waals surface area contributed by atoms with Crippen LogP contribution in [-0.4, -0.2) is 37.2 Å². The van der Waals surface area contributed by atoms with Crippen molar-refractivity contribution in [2.75, 3.05) is 13.3 Å². The maximum absolute atomic E-state index is 11.8. The molecule has 112 valence electrons. The number of rotatable bonds is 5. The first kappa shape index (κ1) is 15.2. The van der Waals surface area contributed by atoms with E-state index < -0.39 is 9.84 Å². The predicted molar refractivity (Wildman–Crippen MR) is 78.7 cm³/mol. The van der Waals surface area contributed by atoms with Crippen molar-refractivity contribution in [3.05, 3.63) is 48.0 Å². The zero-order valence-electron chi connectivity index (χ0n) is 11.9. The van der Waals surface area contributed by atoms with E-state index in [1.807, 2.05) is 0 Å². The third-order valence-electron chi connectivity index (χ3n) is 3.12. The Morgan fingerprint density at radius 2 is 2.05 bits per heavy atom. The second-order valence-electron chi connectivity index (χ2n) is 4.70.